The first-order valence-electron chi connectivity index (χ1n) is 9.06. The van der Waals surface area contributed by atoms with Crippen LogP contribution < -0.4 is 10.5 Å². The minimum atomic E-state index is 0.604. The summed E-state index contributed by atoms with van der Waals surface area (Å²) in [7, 11) is 1.70. The molecule has 0 aliphatic carbocycles. The number of nitrogens with zero attached hydrogens (tertiary/aromatic N) is 2. The van der Waals surface area contributed by atoms with Gasteiger partial charge in [-0.15, -0.1) is 0 Å². The summed E-state index contributed by atoms with van der Waals surface area (Å²) in [6.45, 7) is 9.87. The Bertz CT molecular complexity index is 739. The number of hydrogen-bond acceptors (Lipinski definition) is 5. The number of benzene rings is 1. The van der Waals surface area contributed by atoms with E-state index in [-0.39, 0.29) is 0 Å². The minimum Gasteiger partial charge on any atom is -0.496 e. The molecule has 1 saturated heterocycles. The highest BCUT2D eigenvalue weighted by Crippen LogP contribution is 2.31. The van der Waals surface area contributed by atoms with Crippen molar-refractivity contribution in [3.63, 3.8) is 0 Å². The fraction of sp³-hybridized carbons (Fsp3) is 0.550. The van der Waals surface area contributed by atoms with Gasteiger partial charge in [-0.1, -0.05) is 0 Å². The lowest BCUT2D eigenvalue weighted by molar-refractivity contribution is 0.169. The third-order valence-electron chi connectivity index (χ3n) is 5.17. The lowest BCUT2D eigenvalue weighted by Crippen LogP contribution is -2.38. The first-order chi connectivity index (χ1) is 12.0. The largest absolute Gasteiger partial charge is 0.496 e. The SMILES string of the molecule is COc1cc(C)c(-c2nc(CN3CCC[C@@H](CN)C3)c(C)o2)cc1C. The van der Waals surface area contributed by atoms with E-state index in [4.69, 9.17) is 19.9 Å². The Kier molecular flexibility index (Phi) is 5.45. The molecule has 2 N–H and O–H groups in total. The van der Waals surface area contributed by atoms with Crippen molar-refractivity contribution in [2.75, 3.05) is 26.7 Å². The second-order valence-corrected chi connectivity index (χ2v) is 7.14. The Morgan fingerprint density at radius 2 is 2.08 bits per heavy atom. The van der Waals surface area contributed by atoms with E-state index in [1.165, 1.54) is 12.8 Å². The van der Waals surface area contributed by atoms with Gasteiger partial charge in [0.25, 0.3) is 0 Å². The molecule has 1 aliphatic heterocycles. The zero-order chi connectivity index (χ0) is 18.0. The topological polar surface area (TPSA) is 64.5 Å². The molecule has 0 bridgehead atoms. The van der Waals surface area contributed by atoms with Gasteiger partial charge in [-0.05, 0) is 75.9 Å². The normalized spacial score (nSPS) is 18.5. The standard InChI is InChI=1S/C20H29N3O2/c1-13-9-19(24-4)14(2)8-17(13)20-22-18(15(3)25-20)12-23-7-5-6-16(10-21)11-23/h8-9,16H,5-7,10-12,21H2,1-4H3/t16-/m0/s1. The summed E-state index contributed by atoms with van der Waals surface area (Å²) in [5, 5.41) is 0. The van der Waals surface area contributed by atoms with E-state index in [2.05, 4.69) is 17.9 Å². The number of likely N-dealkylation sites (tertiary alicyclic amines) is 1. The maximum Gasteiger partial charge on any atom is 0.226 e. The predicted octanol–water partition coefficient (Wildman–Crippen LogP) is 3.45. The number of oxazole rings is 1. The zero-order valence-corrected chi connectivity index (χ0v) is 15.8. The van der Waals surface area contributed by atoms with E-state index in [1.807, 2.05) is 19.9 Å². The van der Waals surface area contributed by atoms with Crippen LogP contribution in [0, 0.1) is 26.7 Å². The molecule has 3 rings (SSSR count). The number of methoxy groups -OCH3 is 1. The van der Waals surface area contributed by atoms with Crippen LogP contribution >= 0.6 is 0 Å². The molecule has 2 heterocycles. The van der Waals surface area contributed by atoms with Crippen molar-refractivity contribution in [2.24, 2.45) is 11.7 Å². The van der Waals surface area contributed by atoms with E-state index in [1.54, 1.807) is 7.11 Å². The Hall–Kier alpha value is -1.85. The maximum absolute atomic E-state index is 6.00. The molecular weight excluding hydrogens is 314 g/mol. The number of aromatic nitrogens is 1. The van der Waals surface area contributed by atoms with Crippen LogP contribution in [0.2, 0.25) is 0 Å². The van der Waals surface area contributed by atoms with Gasteiger partial charge in [-0.3, -0.25) is 4.90 Å². The maximum atomic E-state index is 6.00. The van der Waals surface area contributed by atoms with Gasteiger partial charge in [-0.25, -0.2) is 4.98 Å². The second kappa shape index (κ2) is 7.58. The van der Waals surface area contributed by atoms with Gasteiger partial charge < -0.3 is 14.9 Å². The van der Waals surface area contributed by atoms with Crippen molar-refractivity contribution in [3.8, 4) is 17.2 Å². The van der Waals surface area contributed by atoms with Crippen molar-refractivity contribution in [1.29, 1.82) is 0 Å². The Morgan fingerprint density at radius 3 is 2.80 bits per heavy atom. The van der Waals surface area contributed by atoms with Crippen LogP contribution in [0.15, 0.2) is 16.5 Å². The second-order valence-electron chi connectivity index (χ2n) is 7.14. The van der Waals surface area contributed by atoms with Gasteiger partial charge in [0.15, 0.2) is 0 Å². The fourth-order valence-electron chi connectivity index (χ4n) is 3.63. The highest BCUT2D eigenvalue weighted by Gasteiger charge is 2.22. The smallest absolute Gasteiger partial charge is 0.226 e. The molecule has 0 saturated carbocycles. The number of ether oxygens (including phenoxy) is 1. The van der Waals surface area contributed by atoms with Gasteiger partial charge in [0.2, 0.25) is 5.89 Å². The first-order valence-corrected chi connectivity index (χ1v) is 9.06. The van der Waals surface area contributed by atoms with Gasteiger partial charge in [0.1, 0.15) is 11.5 Å². The van der Waals surface area contributed by atoms with Crippen molar-refractivity contribution < 1.29 is 9.15 Å². The van der Waals surface area contributed by atoms with Gasteiger partial charge in [0, 0.05) is 18.7 Å². The van der Waals surface area contributed by atoms with Crippen LogP contribution in [0.4, 0.5) is 0 Å². The lowest BCUT2D eigenvalue weighted by atomic mass is 9.98. The molecule has 0 spiro atoms. The van der Waals surface area contributed by atoms with Crippen LogP contribution in [-0.2, 0) is 6.54 Å². The summed E-state index contributed by atoms with van der Waals surface area (Å²) in [6.07, 6.45) is 2.45. The number of hydrogen-bond donors (Lipinski definition) is 1. The zero-order valence-electron chi connectivity index (χ0n) is 15.8. The first kappa shape index (κ1) is 18.0. The number of piperidine rings is 1. The Balaban J connectivity index is 1.82. The van der Waals surface area contributed by atoms with E-state index < -0.39 is 0 Å². The molecule has 0 unspecified atom stereocenters. The van der Waals surface area contributed by atoms with Gasteiger partial charge in [-0.2, -0.15) is 0 Å². The van der Waals surface area contributed by atoms with E-state index >= 15 is 0 Å². The predicted molar refractivity (Wildman–Crippen MR) is 99.8 cm³/mol. The molecule has 1 fully saturated rings. The molecule has 1 aromatic carbocycles. The van der Waals surface area contributed by atoms with E-state index in [0.29, 0.717) is 11.8 Å². The van der Waals surface area contributed by atoms with Crippen molar-refractivity contribution in [3.05, 3.63) is 34.7 Å². The van der Waals surface area contributed by atoms with Gasteiger partial charge >= 0.3 is 0 Å². The highest BCUT2D eigenvalue weighted by molar-refractivity contribution is 5.62. The van der Waals surface area contributed by atoms with Crippen molar-refractivity contribution in [2.45, 2.75) is 40.2 Å². The number of nitrogens with two attached hydrogens (primary N) is 1. The molecule has 1 aromatic heterocycles. The molecule has 0 radical (unpaired) electrons. The summed E-state index contributed by atoms with van der Waals surface area (Å²) >= 11 is 0. The average molecular weight is 343 g/mol. The molecule has 1 aliphatic rings. The molecular formula is C20H29N3O2. The van der Waals surface area contributed by atoms with Crippen molar-refractivity contribution >= 4 is 0 Å². The summed E-state index contributed by atoms with van der Waals surface area (Å²) < 4.78 is 11.4. The van der Waals surface area contributed by atoms with E-state index in [0.717, 1.165) is 60.1 Å². The summed E-state index contributed by atoms with van der Waals surface area (Å²) in [5.74, 6) is 3.10. The monoisotopic (exact) mass is 343 g/mol. The molecule has 136 valence electrons. The summed E-state index contributed by atoms with van der Waals surface area (Å²) in [4.78, 5) is 7.25. The molecule has 0 amide bonds. The lowest BCUT2D eigenvalue weighted by Gasteiger charge is -2.31. The molecule has 5 heteroatoms. The fourth-order valence-corrected chi connectivity index (χ4v) is 3.63. The minimum absolute atomic E-state index is 0.604. The van der Waals surface area contributed by atoms with Crippen LogP contribution in [0.1, 0.15) is 35.4 Å². The molecule has 25 heavy (non-hydrogen) atoms. The highest BCUT2D eigenvalue weighted by atomic mass is 16.5. The Morgan fingerprint density at radius 1 is 1.28 bits per heavy atom. The summed E-state index contributed by atoms with van der Waals surface area (Å²) in [6, 6.07) is 4.13. The van der Waals surface area contributed by atoms with Crippen LogP contribution in [0.3, 0.4) is 0 Å². The third kappa shape index (κ3) is 3.88. The average Bonchev–Trinajstić information content (AvgIpc) is 2.97. The molecule has 5 nitrogen and oxygen atoms in total. The van der Waals surface area contributed by atoms with Crippen LogP contribution in [0.5, 0.6) is 5.75 Å². The molecule has 2 aromatic rings. The van der Waals surface area contributed by atoms with Crippen LogP contribution in [0.25, 0.3) is 11.5 Å². The van der Waals surface area contributed by atoms with E-state index in [9.17, 15) is 0 Å². The molecule has 1 atom stereocenters. The quantitative estimate of drug-likeness (QED) is 0.901. The van der Waals surface area contributed by atoms with Crippen molar-refractivity contribution in [1.82, 2.24) is 9.88 Å². The number of rotatable bonds is 5. The number of aryl methyl sites for hydroxylation is 3. The Labute approximate surface area is 150 Å². The summed E-state index contributed by atoms with van der Waals surface area (Å²) in [5.41, 5.74) is 10.1. The third-order valence-corrected chi connectivity index (χ3v) is 5.17. The van der Waals surface area contributed by atoms with Gasteiger partial charge in [0.05, 0.1) is 12.8 Å². The van der Waals surface area contributed by atoms with Crippen LogP contribution in [-0.4, -0.2) is 36.6 Å².